The Morgan fingerprint density at radius 3 is 2.82 bits per heavy atom. The molecule has 4 nitrogen and oxygen atoms in total. The second-order valence-electron chi connectivity index (χ2n) is 5.64. The maximum atomic E-state index is 11.8. The molecule has 1 N–H and O–H groups in total. The first-order valence-corrected chi connectivity index (χ1v) is 7.95. The summed E-state index contributed by atoms with van der Waals surface area (Å²) in [6.45, 7) is 6.87. The van der Waals surface area contributed by atoms with E-state index in [1.54, 1.807) is 19.2 Å². The first-order valence-electron chi connectivity index (χ1n) is 7.95. The topological polar surface area (TPSA) is 45.2 Å². The zero-order valence-electron chi connectivity index (χ0n) is 13.7. The highest BCUT2D eigenvalue weighted by Crippen LogP contribution is 2.23. The van der Waals surface area contributed by atoms with Crippen LogP contribution in [0.5, 0.6) is 0 Å². The average molecular weight is 299 g/mol. The number of benzene rings is 1. The Labute approximate surface area is 132 Å². The number of fused-ring (bicyclic) bond motifs is 1. The van der Waals surface area contributed by atoms with Gasteiger partial charge in [-0.3, -0.25) is 9.78 Å². The summed E-state index contributed by atoms with van der Waals surface area (Å²) in [7, 11) is 2.09. The van der Waals surface area contributed by atoms with Gasteiger partial charge in [-0.2, -0.15) is 0 Å². The summed E-state index contributed by atoms with van der Waals surface area (Å²) in [5.41, 5.74) is 2.73. The van der Waals surface area contributed by atoms with E-state index >= 15 is 0 Å². The Balaban J connectivity index is 2.11. The maximum absolute atomic E-state index is 11.8. The van der Waals surface area contributed by atoms with Crippen molar-refractivity contribution in [2.45, 2.75) is 26.7 Å². The smallest absolute Gasteiger partial charge is 0.160 e. The lowest BCUT2D eigenvalue weighted by Crippen LogP contribution is -2.24. The lowest BCUT2D eigenvalue weighted by molar-refractivity contribution is 0.101. The Kier molecular flexibility index (Phi) is 5.90. The molecule has 0 aliphatic rings. The number of pyridine rings is 1. The van der Waals surface area contributed by atoms with Crippen molar-refractivity contribution in [3.05, 3.63) is 36.0 Å². The maximum Gasteiger partial charge on any atom is 0.160 e. The third-order valence-corrected chi connectivity index (χ3v) is 3.82. The van der Waals surface area contributed by atoms with E-state index in [0.29, 0.717) is 0 Å². The van der Waals surface area contributed by atoms with Gasteiger partial charge in [-0.1, -0.05) is 6.92 Å². The summed E-state index contributed by atoms with van der Waals surface area (Å²) in [6.07, 6.45) is 3.96. The van der Waals surface area contributed by atoms with Crippen LogP contribution in [-0.4, -0.2) is 37.4 Å². The van der Waals surface area contributed by atoms with Gasteiger partial charge < -0.3 is 10.2 Å². The molecule has 0 spiro atoms. The van der Waals surface area contributed by atoms with E-state index in [2.05, 4.69) is 41.3 Å². The second kappa shape index (κ2) is 7.90. The normalized spacial score (nSPS) is 10.9. The van der Waals surface area contributed by atoms with E-state index in [1.165, 1.54) is 6.42 Å². The van der Waals surface area contributed by atoms with Crippen LogP contribution in [0.25, 0.3) is 10.9 Å². The first kappa shape index (κ1) is 16.4. The highest BCUT2D eigenvalue weighted by atomic mass is 16.1. The van der Waals surface area contributed by atoms with Crippen LogP contribution >= 0.6 is 0 Å². The minimum absolute atomic E-state index is 0.0796. The van der Waals surface area contributed by atoms with Crippen molar-refractivity contribution in [2.75, 3.05) is 31.6 Å². The van der Waals surface area contributed by atoms with Gasteiger partial charge >= 0.3 is 0 Å². The predicted octanol–water partition coefficient (Wildman–Crippen LogP) is 3.26. The lowest BCUT2D eigenvalue weighted by Gasteiger charge is -2.20. The summed E-state index contributed by atoms with van der Waals surface area (Å²) in [6, 6.07) is 7.92. The molecule has 0 radical (unpaired) electrons. The lowest BCUT2D eigenvalue weighted by atomic mass is 10.1. The fraction of sp³-hybridized carbons (Fsp3) is 0.444. The molecule has 0 fully saturated rings. The van der Waals surface area contributed by atoms with Crippen molar-refractivity contribution in [3.63, 3.8) is 0 Å². The highest BCUT2D eigenvalue weighted by Gasteiger charge is 2.08. The Hall–Kier alpha value is -1.94. The highest BCUT2D eigenvalue weighted by molar-refractivity contribution is 6.06. The molecule has 1 heterocycles. The number of hydrogen-bond donors (Lipinski definition) is 1. The predicted molar refractivity (Wildman–Crippen MR) is 92.8 cm³/mol. The van der Waals surface area contributed by atoms with E-state index < -0.39 is 0 Å². The Morgan fingerprint density at radius 1 is 1.27 bits per heavy atom. The third-order valence-electron chi connectivity index (χ3n) is 3.82. The number of aromatic nitrogens is 1. The van der Waals surface area contributed by atoms with Crippen LogP contribution < -0.4 is 10.2 Å². The van der Waals surface area contributed by atoms with E-state index in [-0.39, 0.29) is 5.78 Å². The minimum atomic E-state index is 0.0796. The summed E-state index contributed by atoms with van der Waals surface area (Å²) < 4.78 is 0. The fourth-order valence-electron chi connectivity index (χ4n) is 2.55. The fourth-order valence-corrected chi connectivity index (χ4v) is 2.55. The molecule has 1 aromatic heterocycles. The molecule has 22 heavy (non-hydrogen) atoms. The van der Waals surface area contributed by atoms with Crippen LogP contribution in [0, 0.1) is 0 Å². The molecule has 0 aliphatic carbocycles. The van der Waals surface area contributed by atoms with Crippen molar-refractivity contribution in [2.24, 2.45) is 0 Å². The van der Waals surface area contributed by atoms with Gasteiger partial charge in [0.05, 0.1) is 5.52 Å². The first-order chi connectivity index (χ1) is 10.6. The summed E-state index contributed by atoms with van der Waals surface area (Å²) in [5.74, 6) is 0.0796. The minimum Gasteiger partial charge on any atom is -0.375 e. The van der Waals surface area contributed by atoms with Crippen LogP contribution in [0.4, 0.5) is 5.69 Å². The van der Waals surface area contributed by atoms with E-state index in [0.717, 1.165) is 48.2 Å². The molecule has 4 heteroatoms. The molecule has 0 aliphatic heterocycles. The van der Waals surface area contributed by atoms with Crippen LogP contribution in [0.15, 0.2) is 30.5 Å². The van der Waals surface area contributed by atoms with E-state index in [4.69, 9.17) is 0 Å². The molecule has 0 saturated carbocycles. The number of nitrogens with one attached hydrogen (secondary N) is 1. The van der Waals surface area contributed by atoms with Crippen LogP contribution in [0.2, 0.25) is 0 Å². The molecule has 0 bridgehead atoms. The van der Waals surface area contributed by atoms with Crippen molar-refractivity contribution in [1.29, 1.82) is 0 Å². The molecular weight excluding hydrogens is 274 g/mol. The van der Waals surface area contributed by atoms with Crippen LogP contribution in [-0.2, 0) is 0 Å². The molecule has 2 rings (SSSR count). The molecule has 118 valence electrons. The molecule has 0 saturated heterocycles. The number of anilines is 1. The van der Waals surface area contributed by atoms with Crippen molar-refractivity contribution in [1.82, 2.24) is 10.3 Å². The van der Waals surface area contributed by atoms with Crippen molar-refractivity contribution < 1.29 is 4.79 Å². The number of carbonyl (C=O) groups is 1. The number of carbonyl (C=O) groups excluding carboxylic acids is 1. The van der Waals surface area contributed by atoms with Gasteiger partial charge in [0.2, 0.25) is 0 Å². The number of ketones is 1. The summed E-state index contributed by atoms with van der Waals surface area (Å²) >= 11 is 0. The quantitative estimate of drug-likeness (QED) is 0.600. The molecule has 0 amide bonds. The van der Waals surface area contributed by atoms with Crippen molar-refractivity contribution in [3.8, 4) is 0 Å². The third kappa shape index (κ3) is 4.04. The molecule has 0 atom stereocenters. The monoisotopic (exact) mass is 299 g/mol. The van der Waals surface area contributed by atoms with E-state index in [1.807, 2.05) is 6.07 Å². The van der Waals surface area contributed by atoms with Gasteiger partial charge in [0, 0.05) is 36.4 Å². The van der Waals surface area contributed by atoms with Gasteiger partial charge in [-0.15, -0.1) is 0 Å². The zero-order valence-corrected chi connectivity index (χ0v) is 13.7. The average Bonchev–Trinajstić information content (AvgIpc) is 2.53. The Morgan fingerprint density at radius 2 is 2.09 bits per heavy atom. The SMILES string of the molecule is CCCNCCCN(C)c1ccc2nccc(C(C)=O)c2c1. The van der Waals surface area contributed by atoms with Gasteiger partial charge in [-0.25, -0.2) is 0 Å². The summed E-state index contributed by atoms with van der Waals surface area (Å²) in [5, 5.41) is 4.35. The molecular formula is C18H25N3O. The zero-order chi connectivity index (χ0) is 15.9. The van der Waals surface area contributed by atoms with Gasteiger partial charge in [0.25, 0.3) is 0 Å². The van der Waals surface area contributed by atoms with Gasteiger partial charge in [0.15, 0.2) is 5.78 Å². The second-order valence-corrected chi connectivity index (χ2v) is 5.64. The summed E-state index contributed by atoms with van der Waals surface area (Å²) in [4.78, 5) is 18.3. The van der Waals surface area contributed by atoms with Gasteiger partial charge in [-0.05, 0) is 57.1 Å². The van der Waals surface area contributed by atoms with Crippen molar-refractivity contribution >= 4 is 22.4 Å². The molecule has 1 aromatic carbocycles. The largest absolute Gasteiger partial charge is 0.375 e. The standard InChI is InChI=1S/C18H25N3O/c1-4-9-19-10-5-12-21(3)15-6-7-18-17(13-15)16(14(2)22)8-11-20-18/h6-8,11,13,19H,4-5,9-10,12H2,1-3H3. The van der Waals surface area contributed by atoms with E-state index in [9.17, 15) is 4.79 Å². The number of hydrogen-bond acceptors (Lipinski definition) is 4. The number of rotatable bonds is 8. The molecule has 2 aromatic rings. The number of Topliss-reactive ketones (excluding diaryl/α,β-unsaturated/α-hetero) is 1. The van der Waals surface area contributed by atoms with Crippen LogP contribution in [0.1, 0.15) is 37.0 Å². The Bertz CT molecular complexity index is 639. The number of nitrogens with zero attached hydrogens (tertiary/aromatic N) is 2. The van der Waals surface area contributed by atoms with Gasteiger partial charge in [0.1, 0.15) is 0 Å². The van der Waals surface area contributed by atoms with Crippen LogP contribution in [0.3, 0.4) is 0 Å². The molecule has 0 unspecified atom stereocenters.